The molecule has 1 rings (SSSR count). The SMILES string of the molecule is C=CC(=O)C(S)CC1CSC(CS)S1. The van der Waals surface area contributed by atoms with Crippen LogP contribution in [0.3, 0.4) is 0 Å². The highest BCUT2D eigenvalue weighted by atomic mass is 32.2. The van der Waals surface area contributed by atoms with Gasteiger partial charge in [-0.1, -0.05) is 6.58 Å². The third-order valence-electron chi connectivity index (χ3n) is 1.98. The molecule has 3 atom stereocenters. The lowest BCUT2D eigenvalue weighted by Gasteiger charge is -2.12. The molecule has 1 fully saturated rings. The third-order valence-corrected chi connectivity index (χ3v) is 6.60. The van der Waals surface area contributed by atoms with Crippen molar-refractivity contribution in [2.45, 2.75) is 21.5 Å². The van der Waals surface area contributed by atoms with Gasteiger partial charge < -0.3 is 0 Å². The second-order valence-electron chi connectivity index (χ2n) is 3.06. The predicted octanol–water partition coefficient (Wildman–Crippen LogP) is 2.53. The van der Waals surface area contributed by atoms with Crippen molar-refractivity contribution in [1.29, 1.82) is 0 Å². The van der Waals surface area contributed by atoms with Crippen molar-refractivity contribution in [3.8, 4) is 0 Å². The smallest absolute Gasteiger partial charge is 0.167 e. The Morgan fingerprint density at radius 2 is 2.43 bits per heavy atom. The van der Waals surface area contributed by atoms with E-state index in [0.29, 0.717) is 9.83 Å². The minimum Gasteiger partial charge on any atom is -0.294 e. The van der Waals surface area contributed by atoms with Crippen molar-refractivity contribution in [1.82, 2.24) is 0 Å². The number of hydrogen-bond donors (Lipinski definition) is 2. The fourth-order valence-corrected chi connectivity index (χ4v) is 5.37. The summed E-state index contributed by atoms with van der Waals surface area (Å²) in [5.74, 6) is 2.05. The first-order valence-electron chi connectivity index (χ1n) is 4.39. The van der Waals surface area contributed by atoms with E-state index in [-0.39, 0.29) is 11.0 Å². The van der Waals surface area contributed by atoms with Gasteiger partial charge in [-0.05, 0) is 12.5 Å². The lowest BCUT2D eigenvalue weighted by molar-refractivity contribution is -0.114. The quantitative estimate of drug-likeness (QED) is 0.588. The van der Waals surface area contributed by atoms with Crippen molar-refractivity contribution in [2.75, 3.05) is 11.5 Å². The van der Waals surface area contributed by atoms with E-state index in [4.69, 9.17) is 0 Å². The minimum atomic E-state index is -0.177. The molecule has 0 spiro atoms. The molecule has 0 aliphatic carbocycles. The van der Waals surface area contributed by atoms with Crippen LogP contribution in [0.1, 0.15) is 6.42 Å². The molecule has 0 aromatic carbocycles. The maximum absolute atomic E-state index is 11.2. The standard InChI is InChI=1S/C9H14OS4/c1-2-7(10)8(12)3-6-5-13-9(4-11)14-6/h2,6,8-9,11-12H,1,3-5H2. The number of hydrogen-bond acceptors (Lipinski definition) is 5. The second kappa shape index (κ2) is 6.40. The van der Waals surface area contributed by atoms with Crippen LogP contribution in [0.4, 0.5) is 0 Å². The molecule has 1 aliphatic rings. The lowest BCUT2D eigenvalue weighted by atomic mass is 10.2. The van der Waals surface area contributed by atoms with E-state index in [1.54, 1.807) is 0 Å². The van der Waals surface area contributed by atoms with Gasteiger partial charge in [-0.2, -0.15) is 25.3 Å². The third kappa shape index (κ3) is 3.76. The van der Waals surface area contributed by atoms with Crippen LogP contribution in [0.5, 0.6) is 0 Å². The van der Waals surface area contributed by atoms with Gasteiger partial charge in [-0.15, -0.1) is 23.5 Å². The van der Waals surface area contributed by atoms with Gasteiger partial charge in [-0.3, -0.25) is 4.79 Å². The van der Waals surface area contributed by atoms with Crippen LogP contribution in [0, 0.1) is 0 Å². The Balaban J connectivity index is 2.31. The Hall–Kier alpha value is 0.810. The van der Waals surface area contributed by atoms with E-state index in [1.807, 2.05) is 23.5 Å². The van der Waals surface area contributed by atoms with Gasteiger partial charge in [-0.25, -0.2) is 0 Å². The molecule has 80 valence electrons. The molecule has 5 heteroatoms. The maximum Gasteiger partial charge on any atom is 0.167 e. The Morgan fingerprint density at radius 3 is 2.93 bits per heavy atom. The highest BCUT2D eigenvalue weighted by molar-refractivity contribution is 8.21. The summed E-state index contributed by atoms with van der Waals surface area (Å²) < 4.78 is 0.586. The molecule has 1 saturated heterocycles. The van der Waals surface area contributed by atoms with E-state index < -0.39 is 0 Å². The largest absolute Gasteiger partial charge is 0.294 e. The van der Waals surface area contributed by atoms with E-state index in [1.165, 1.54) is 6.08 Å². The van der Waals surface area contributed by atoms with Crippen molar-refractivity contribution in [2.24, 2.45) is 0 Å². The monoisotopic (exact) mass is 266 g/mol. The molecule has 0 aromatic rings. The molecular formula is C9H14OS4. The van der Waals surface area contributed by atoms with Crippen LogP contribution in [-0.4, -0.2) is 32.4 Å². The van der Waals surface area contributed by atoms with Crippen molar-refractivity contribution < 1.29 is 4.79 Å². The lowest BCUT2D eigenvalue weighted by Crippen LogP contribution is -2.18. The van der Waals surface area contributed by atoms with Crippen molar-refractivity contribution >= 4 is 54.6 Å². The molecule has 14 heavy (non-hydrogen) atoms. The fourth-order valence-electron chi connectivity index (χ4n) is 1.23. The molecular weight excluding hydrogens is 252 g/mol. The number of ketones is 1. The first kappa shape index (κ1) is 12.9. The second-order valence-corrected chi connectivity index (χ2v) is 7.09. The van der Waals surface area contributed by atoms with Crippen LogP contribution in [-0.2, 0) is 4.79 Å². The average molecular weight is 266 g/mol. The Bertz CT molecular complexity index is 219. The molecule has 1 nitrogen and oxygen atoms in total. The Morgan fingerprint density at radius 1 is 1.71 bits per heavy atom. The van der Waals surface area contributed by atoms with Gasteiger partial charge in [0, 0.05) is 16.8 Å². The maximum atomic E-state index is 11.2. The zero-order valence-electron chi connectivity index (χ0n) is 7.76. The zero-order valence-corrected chi connectivity index (χ0v) is 11.2. The number of thiol groups is 2. The summed E-state index contributed by atoms with van der Waals surface area (Å²) in [5.41, 5.74) is 0. The molecule has 0 bridgehead atoms. The summed E-state index contributed by atoms with van der Waals surface area (Å²) in [6.45, 7) is 3.46. The summed E-state index contributed by atoms with van der Waals surface area (Å²) in [5, 5.41) is 0.368. The van der Waals surface area contributed by atoms with Crippen LogP contribution >= 0.6 is 48.8 Å². The number of thioether (sulfide) groups is 2. The molecule has 3 unspecified atom stereocenters. The summed E-state index contributed by atoms with van der Waals surface area (Å²) in [6.07, 6.45) is 2.20. The highest BCUT2D eigenvalue weighted by Gasteiger charge is 2.27. The Kier molecular flexibility index (Phi) is 5.89. The molecule has 0 radical (unpaired) electrons. The number of rotatable bonds is 5. The van der Waals surface area contributed by atoms with Gasteiger partial charge in [0.25, 0.3) is 0 Å². The van der Waals surface area contributed by atoms with Crippen LogP contribution in [0.25, 0.3) is 0 Å². The molecule has 0 saturated carbocycles. The summed E-state index contributed by atoms with van der Waals surface area (Å²) in [4.78, 5) is 11.2. The molecule has 1 aliphatic heterocycles. The van der Waals surface area contributed by atoms with Crippen LogP contribution in [0.2, 0.25) is 0 Å². The molecule has 0 amide bonds. The highest BCUT2D eigenvalue weighted by Crippen LogP contribution is 2.40. The zero-order chi connectivity index (χ0) is 10.6. The van der Waals surface area contributed by atoms with E-state index in [9.17, 15) is 4.79 Å². The van der Waals surface area contributed by atoms with Gasteiger partial charge in [0.05, 0.1) is 9.83 Å². The van der Waals surface area contributed by atoms with Crippen molar-refractivity contribution in [3.63, 3.8) is 0 Å². The van der Waals surface area contributed by atoms with Gasteiger partial charge in [0.2, 0.25) is 0 Å². The first-order valence-corrected chi connectivity index (χ1v) is 7.53. The average Bonchev–Trinajstić information content (AvgIpc) is 2.64. The number of carbonyl (C=O) groups is 1. The fraction of sp³-hybridized carbons (Fsp3) is 0.667. The topological polar surface area (TPSA) is 17.1 Å². The van der Waals surface area contributed by atoms with Crippen LogP contribution < -0.4 is 0 Å². The van der Waals surface area contributed by atoms with E-state index in [2.05, 4.69) is 31.8 Å². The minimum absolute atomic E-state index is 0.0354. The van der Waals surface area contributed by atoms with Crippen LogP contribution in [0.15, 0.2) is 12.7 Å². The summed E-state index contributed by atoms with van der Waals surface area (Å²) in [6, 6.07) is 0. The molecule has 1 heterocycles. The van der Waals surface area contributed by atoms with Gasteiger partial charge >= 0.3 is 0 Å². The molecule has 0 aromatic heterocycles. The Labute approximate surface area is 105 Å². The first-order chi connectivity index (χ1) is 6.67. The summed E-state index contributed by atoms with van der Waals surface area (Å²) >= 11 is 12.4. The number of carbonyl (C=O) groups excluding carboxylic acids is 1. The predicted molar refractivity (Wildman–Crippen MR) is 74.1 cm³/mol. The van der Waals surface area contributed by atoms with Crippen molar-refractivity contribution in [3.05, 3.63) is 12.7 Å². The van der Waals surface area contributed by atoms with Gasteiger partial charge in [0.1, 0.15) is 0 Å². The normalized spacial score (nSPS) is 28.7. The number of allylic oxidation sites excluding steroid dienone is 1. The van der Waals surface area contributed by atoms with E-state index >= 15 is 0 Å². The van der Waals surface area contributed by atoms with E-state index in [0.717, 1.165) is 17.9 Å². The molecule has 0 N–H and O–H groups in total. The van der Waals surface area contributed by atoms with Gasteiger partial charge in [0.15, 0.2) is 5.78 Å². The summed E-state index contributed by atoms with van der Waals surface area (Å²) in [7, 11) is 0.